The molecule has 0 radical (unpaired) electrons. The van der Waals surface area contributed by atoms with Crippen molar-refractivity contribution in [3.8, 4) is 22.6 Å². The first-order valence-electron chi connectivity index (χ1n) is 6.35. The molecule has 0 aliphatic carbocycles. The molecule has 5 heteroatoms. The summed E-state index contributed by atoms with van der Waals surface area (Å²) in [6, 6.07) is 7.99. The van der Waals surface area contributed by atoms with Gasteiger partial charge in [-0.1, -0.05) is 18.2 Å². The Morgan fingerprint density at radius 1 is 1.05 bits per heavy atom. The van der Waals surface area contributed by atoms with Crippen LogP contribution in [0.1, 0.15) is 11.1 Å². The molecule has 0 atom stereocenters. The van der Waals surface area contributed by atoms with Crippen molar-refractivity contribution >= 4 is 5.82 Å². The number of nitrogens with zero attached hydrogens (tertiary/aromatic N) is 3. The molecule has 0 fully saturated rings. The van der Waals surface area contributed by atoms with E-state index in [0.717, 1.165) is 16.8 Å². The molecule has 0 unspecified atom stereocenters. The second-order valence-electron chi connectivity index (χ2n) is 4.73. The number of aryl methyl sites for hydroxylation is 2. The van der Waals surface area contributed by atoms with Crippen molar-refractivity contribution < 1.29 is 0 Å². The molecule has 2 heterocycles. The molecule has 0 saturated carbocycles. The van der Waals surface area contributed by atoms with Crippen LogP contribution in [0.25, 0.3) is 22.6 Å². The number of nitrogens with two attached hydrogens (primary N) is 1. The topological polar surface area (TPSA) is 80.5 Å². The summed E-state index contributed by atoms with van der Waals surface area (Å²) in [5.74, 6) is 1.04. The fraction of sp³-hybridized carbons (Fsp3) is 0.133. The van der Waals surface area contributed by atoms with Gasteiger partial charge in [-0.25, -0.2) is 9.97 Å². The molecule has 0 aliphatic heterocycles. The molecule has 0 spiro atoms. The number of benzene rings is 1. The van der Waals surface area contributed by atoms with E-state index >= 15 is 0 Å². The van der Waals surface area contributed by atoms with E-state index in [9.17, 15) is 0 Å². The maximum Gasteiger partial charge on any atom is 0.178 e. The van der Waals surface area contributed by atoms with Crippen LogP contribution in [-0.4, -0.2) is 20.2 Å². The molecule has 0 aliphatic rings. The SMILES string of the molecule is Cc1ccc(-c2c(N)n[nH]c2-c2ncccn2)cc1C. The lowest BCUT2D eigenvalue weighted by Gasteiger charge is -2.06. The monoisotopic (exact) mass is 265 g/mol. The van der Waals surface area contributed by atoms with E-state index in [-0.39, 0.29) is 0 Å². The number of hydrogen-bond donors (Lipinski definition) is 2. The second-order valence-corrected chi connectivity index (χ2v) is 4.73. The van der Waals surface area contributed by atoms with Gasteiger partial charge in [0.2, 0.25) is 0 Å². The van der Waals surface area contributed by atoms with Crippen molar-refractivity contribution in [3.63, 3.8) is 0 Å². The largest absolute Gasteiger partial charge is 0.382 e. The molecule has 3 aromatic rings. The standard InChI is InChI=1S/C15H15N5/c1-9-4-5-11(8-10(9)2)12-13(19-20-14(12)16)15-17-6-3-7-18-15/h3-8H,1-2H3,(H3,16,19,20). The van der Waals surface area contributed by atoms with Crippen LogP contribution in [-0.2, 0) is 0 Å². The van der Waals surface area contributed by atoms with Crippen LogP contribution >= 0.6 is 0 Å². The summed E-state index contributed by atoms with van der Waals surface area (Å²) in [5.41, 5.74) is 11.1. The molecule has 3 rings (SSSR count). The highest BCUT2D eigenvalue weighted by atomic mass is 15.2. The van der Waals surface area contributed by atoms with Crippen LogP contribution in [0.15, 0.2) is 36.7 Å². The zero-order valence-corrected chi connectivity index (χ0v) is 11.4. The molecule has 0 saturated heterocycles. The number of hydrogen-bond acceptors (Lipinski definition) is 4. The van der Waals surface area contributed by atoms with Crippen molar-refractivity contribution in [3.05, 3.63) is 47.8 Å². The molecule has 20 heavy (non-hydrogen) atoms. The zero-order chi connectivity index (χ0) is 14.1. The van der Waals surface area contributed by atoms with Crippen LogP contribution in [0.5, 0.6) is 0 Å². The summed E-state index contributed by atoms with van der Waals surface area (Å²) < 4.78 is 0. The van der Waals surface area contributed by atoms with Crippen molar-refractivity contribution in [1.82, 2.24) is 20.2 Å². The lowest BCUT2D eigenvalue weighted by atomic mass is 10.00. The number of nitrogen functional groups attached to an aromatic ring is 1. The Hall–Kier alpha value is -2.69. The molecule has 0 amide bonds. The molecule has 1 aromatic carbocycles. The Balaban J connectivity index is 2.19. The summed E-state index contributed by atoms with van der Waals surface area (Å²) in [6.07, 6.45) is 3.40. The van der Waals surface area contributed by atoms with Gasteiger partial charge in [0, 0.05) is 12.4 Å². The average Bonchev–Trinajstić information content (AvgIpc) is 2.85. The lowest BCUT2D eigenvalue weighted by molar-refractivity contribution is 1.07. The predicted octanol–water partition coefficient (Wildman–Crippen LogP) is 2.73. The highest BCUT2D eigenvalue weighted by Crippen LogP contribution is 2.33. The average molecular weight is 265 g/mol. The van der Waals surface area contributed by atoms with Crippen molar-refractivity contribution in [2.24, 2.45) is 0 Å². The predicted molar refractivity (Wildman–Crippen MR) is 78.9 cm³/mol. The first kappa shape index (κ1) is 12.3. The Morgan fingerprint density at radius 2 is 1.80 bits per heavy atom. The summed E-state index contributed by atoms with van der Waals surface area (Å²) in [4.78, 5) is 8.50. The molecule has 5 nitrogen and oxygen atoms in total. The Labute approximate surface area is 116 Å². The highest BCUT2D eigenvalue weighted by molar-refractivity contribution is 5.86. The third-order valence-electron chi connectivity index (χ3n) is 3.38. The number of aromatic nitrogens is 4. The van der Waals surface area contributed by atoms with E-state index in [4.69, 9.17) is 5.73 Å². The van der Waals surface area contributed by atoms with Gasteiger partial charge in [0.25, 0.3) is 0 Å². The van der Waals surface area contributed by atoms with E-state index < -0.39 is 0 Å². The first-order chi connectivity index (χ1) is 9.66. The summed E-state index contributed by atoms with van der Waals surface area (Å²) in [7, 11) is 0. The molecule has 2 aromatic heterocycles. The van der Waals surface area contributed by atoms with Gasteiger partial charge >= 0.3 is 0 Å². The van der Waals surface area contributed by atoms with Crippen LogP contribution in [0, 0.1) is 13.8 Å². The Morgan fingerprint density at radius 3 is 2.50 bits per heavy atom. The lowest BCUT2D eigenvalue weighted by Crippen LogP contribution is -1.92. The van der Waals surface area contributed by atoms with Gasteiger partial charge in [0.05, 0.1) is 5.56 Å². The van der Waals surface area contributed by atoms with Crippen LogP contribution in [0.3, 0.4) is 0 Å². The number of H-pyrrole nitrogens is 1. The number of nitrogens with one attached hydrogen (secondary N) is 1. The van der Waals surface area contributed by atoms with E-state index in [0.29, 0.717) is 11.6 Å². The summed E-state index contributed by atoms with van der Waals surface area (Å²) in [6.45, 7) is 4.16. The molecular weight excluding hydrogens is 250 g/mol. The van der Waals surface area contributed by atoms with Crippen LogP contribution in [0.2, 0.25) is 0 Å². The minimum Gasteiger partial charge on any atom is -0.382 e. The Kier molecular flexibility index (Phi) is 2.95. The van der Waals surface area contributed by atoms with Crippen molar-refractivity contribution in [2.75, 3.05) is 5.73 Å². The van der Waals surface area contributed by atoms with E-state index in [1.54, 1.807) is 18.5 Å². The van der Waals surface area contributed by atoms with Gasteiger partial charge in [-0.2, -0.15) is 5.10 Å². The highest BCUT2D eigenvalue weighted by Gasteiger charge is 2.16. The maximum absolute atomic E-state index is 6.00. The third kappa shape index (κ3) is 2.03. The number of aromatic amines is 1. The summed E-state index contributed by atoms with van der Waals surface area (Å²) >= 11 is 0. The molecule has 3 N–H and O–H groups in total. The van der Waals surface area contributed by atoms with E-state index in [1.165, 1.54) is 11.1 Å². The summed E-state index contributed by atoms with van der Waals surface area (Å²) in [5, 5.41) is 7.02. The Bertz CT molecular complexity index is 746. The molecule has 100 valence electrons. The van der Waals surface area contributed by atoms with Crippen LogP contribution < -0.4 is 5.73 Å². The van der Waals surface area contributed by atoms with Gasteiger partial charge in [0.1, 0.15) is 5.69 Å². The van der Waals surface area contributed by atoms with Crippen molar-refractivity contribution in [2.45, 2.75) is 13.8 Å². The number of rotatable bonds is 2. The van der Waals surface area contributed by atoms with Gasteiger partial charge in [-0.3, -0.25) is 5.10 Å². The normalized spacial score (nSPS) is 10.7. The zero-order valence-electron chi connectivity index (χ0n) is 11.4. The fourth-order valence-electron chi connectivity index (χ4n) is 2.14. The van der Waals surface area contributed by atoms with Gasteiger partial charge in [-0.05, 0) is 36.6 Å². The molecular formula is C15H15N5. The fourth-order valence-corrected chi connectivity index (χ4v) is 2.14. The number of anilines is 1. The first-order valence-corrected chi connectivity index (χ1v) is 6.35. The second kappa shape index (κ2) is 4.77. The quantitative estimate of drug-likeness (QED) is 0.746. The smallest absolute Gasteiger partial charge is 0.178 e. The van der Waals surface area contributed by atoms with Crippen LogP contribution in [0.4, 0.5) is 5.82 Å². The minimum absolute atomic E-state index is 0.454. The third-order valence-corrected chi connectivity index (χ3v) is 3.38. The molecule has 0 bridgehead atoms. The van der Waals surface area contributed by atoms with E-state index in [2.05, 4.69) is 46.1 Å². The van der Waals surface area contributed by atoms with E-state index in [1.807, 2.05) is 6.07 Å². The minimum atomic E-state index is 0.454. The maximum atomic E-state index is 6.00. The van der Waals surface area contributed by atoms with Gasteiger partial charge in [0.15, 0.2) is 11.6 Å². The van der Waals surface area contributed by atoms with Gasteiger partial charge in [-0.15, -0.1) is 0 Å². The van der Waals surface area contributed by atoms with Gasteiger partial charge < -0.3 is 5.73 Å². The van der Waals surface area contributed by atoms with Crippen molar-refractivity contribution in [1.29, 1.82) is 0 Å².